The largest absolute Gasteiger partial charge is 0.467 e. The van der Waals surface area contributed by atoms with Crippen molar-refractivity contribution >= 4 is 29.5 Å². The van der Waals surface area contributed by atoms with Gasteiger partial charge in [0.15, 0.2) is 5.69 Å². The number of furan rings is 2. The average Bonchev–Trinajstić information content (AvgIpc) is 3.39. The van der Waals surface area contributed by atoms with Gasteiger partial charge in [-0.3, -0.25) is 24.4 Å². The average molecular weight is 385 g/mol. The summed E-state index contributed by atoms with van der Waals surface area (Å²) >= 11 is 0. The third-order valence-corrected chi connectivity index (χ3v) is 3.50. The lowest BCUT2D eigenvalue weighted by atomic mass is 10.3. The Morgan fingerprint density at radius 3 is 2.86 bits per heavy atom. The molecule has 0 atom stereocenters. The van der Waals surface area contributed by atoms with Crippen LogP contribution in [0.15, 0.2) is 51.6 Å². The molecule has 3 aromatic rings. The predicted octanol–water partition coefficient (Wildman–Crippen LogP) is 2.10. The summed E-state index contributed by atoms with van der Waals surface area (Å²) in [6, 6.07) is 5.96. The highest BCUT2D eigenvalue weighted by Gasteiger charge is 2.17. The molecule has 0 aliphatic heterocycles. The molecule has 144 valence electrons. The molecule has 0 aliphatic carbocycles. The summed E-state index contributed by atoms with van der Waals surface area (Å²) in [5, 5.41) is 19.8. The minimum atomic E-state index is -0.680. The van der Waals surface area contributed by atoms with E-state index in [4.69, 9.17) is 8.83 Å². The molecule has 0 aliphatic rings. The number of nitrogens with one attached hydrogen (secondary N) is 2. The molecule has 0 radical (unpaired) electrons. The first kappa shape index (κ1) is 18.6. The van der Waals surface area contributed by atoms with Crippen molar-refractivity contribution in [1.82, 2.24) is 15.1 Å². The maximum atomic E-state index is 12.3. The number of anilines is 1. The monoisotopic (exact) mass is 385 g/mol. The molecule has 3 rings (SSSR count). The van der Waals surface area contributed by atoms with Crippen LogP contribution in [-0.2, 0) is 18.4 Å². The number of amides is 2. The van der Waals surface area contributed by atoms with E-state index in [9.17, 15) is 19.7 Å². The summed E-state index contributed by atoms with van der Waals surface area (Å²) in [4.78, 5) is 34.3. The number of aryl methyl sites for hydroxylation is 1. The highest BCUT2D eigenvalue weighted by atomic mass is 16.6. The van der Waals surface area contributed by atoms with Crippen LogP contribution in [0.5, 0.6) is 0 Å². The molecular weight excluding hydrogens is 370 g/mol. The van der Waals surface area contributed by atoms with E-state index in [1.165, 1.54) is 35.4 Å². The van der Waals surface area contributed by atoms with Crippen molar-refractivity contribution in [3.63, 3.8) is 0 Å². The summed E-state index contributed by atoms with van der Waals surface area (Å²) in [6.07, 6.45) is 5.37. The van der Waals surface area contributed by atoms with Gasteiger partial charge in [-0.25, -0.2) is 0 Å². The fourth-order valence-electron chi connectivity index (χ4n) is 2.27. The van der Waals surface area contributed by atoms with Crippen molar-refractivity contribution in [2.45, 2.75) is 6.54 Å². The summed E-state index contributed by atoms with van der Waals surface area (Å²) in [5.41, 5.74) is 0.240. The van der Waals surface area contributed by atoms with E-state index >= 15 is 0 Å². The second-order valence-corrected chi connectivity index (χ2v) is 5.58. The molecule has 0 saturated carbocycles. The predicted molar refractivity (Wildman–Crippen MR) is 96.1 cm³/mol. The molecular formula is C17H15N5O6. The molecule has 0 unspecified atom stereocenters. The zero-order valence-electron chi connectivity index (χ0n) is 14.6. The number of hydrogen-bond donors (Lipinski definition) is 2. The molecule has 0 spiro atoms. The van der Waals surface area contributed by atoms with Crippen LogP contribution in [0.3, 0.4) is 0 Å². The quantitative estimate of drug-likeness (QED) is 0.360. The Bertz CT molecular complexity index is 1030. The molecule has 28 heavy (non-hydrogen) atoms. The second kappa shape index (κ2) is 8.03. The summed E-state index contributed by atoms with van der Waals surface area (Å²) in [6.45, 7) is 0.174. The molecule has 0 bridgehead atoms. The molecule has 2 amide bonds. The Hall–Kier alpha value is -4.15. The van der Waals surface area contributed by atoms with E-state index in [-0.39, 0.29) is 23.7 Å². The van der Waals surface area contributed by atoms with Crippen LogP contribution >= 0.6 is 0 Å². The van der Waals surface area contributed by atoms with Gasteiger partial charge in [0, 0.05) is 19.3 Å². The van der Waals surface area contributed by atoms with Crippen LogP contribution < -0.4 is 10.6 Å². The first-order valence-electron chi connectivity index (χ1n) is 8.00. The van der Waals surface area contributed by atoms with E-state index < -0.39 is 22.6 Å². The maximum absolute atomic E-state index is 12.3. The lowest BCUT2D eigenvalue weighted by Crippen LogP contribution is -2.24. The minimum Gasteiger partial charge on any atom is -0.467 e. The molecule has 2 N–H and O–H groups in total. The number of hydrogen-bond acceptors (Lipinski definition) is 7. The summed E-state index contributed by atoms with van der Waals surface area (Å²) < 4.78 is 11.4. The fourth-order valence-corrected chi connectivity index (χ4v) is 2.27. The van der Waals surface area contributed by atoms with Crippen molar-refractivity contribution in [1.29, 1.82) is 0 Å². The minimum absolute atomic E-state index is 0.0319. The number of rotatable bonds is 7. The molecule has 11 heteroatoms. The van der Waals surface area contributed by atoms with Gasteiger partial charge >= 0.3 is 5.88 Å². The van der Waals surface area contributed by atoms with Crippen molar-refractivity contribution in [2.75, 3.05) is 5.32 Å². The van der Waals surface area contributed by atoms with Crippen LogP contribution in [-0.4, -0.2) is 26.5 Å². The normalized spacial score (nSPS) is 10.9. The van der Waals surface area contributed by atoms with Crippen molar-refractivity contribution in [3.05, 3.63) is 70.1 Å². The molecule has 11 nitrogen and oxygen atoms in total. The van der Waals surface area contributed by atoms with Gasteiger partial charge in [0.2, 0.25) is 5.91 Å². The Balaban J connectivity index is 1.64. The van der Waals surface area contributed by atoms with Crippen LogP contribution in [0.25, 0.3) is 6.08 Å². The fraction of sp³-hybridized carbons (Fsp3) is 0.118. The number of carbonyl (C=O) groups is 2. The first-order valence-corrected chi connectivity index (χ1v) is 8.00. The van der Waals surface area contributed by atoms with E-state index in [1.54, 1.807) is 19.2 Å². The van der Waals surface area contributed by atoms with Gasteiger partial charge in [0.1, 0.15) is 16.4 Å². The van der Waals surface area contributed by atoms with Gasteiger partial charge in [-0.2, -0.15) is 5.10 Å². The van der Waals surface area contributed by atoms with Crippen LogP contribution in [0, 0.1) is 10.1 Å². The van der Waals surface area contributed by atoms with Gasteiger partial charge in [-0.15, -0.1) is 0 Å². The Morgan fingerprint density at radius 1 is 1.36 bits per heavy atom. The maximum Gasteiger partial charge on any atom is 0.433 e. The Morgan fingerprint density at radius 2 is 2.18 bits per heavy atom. The Labute approximate surface area is 157 Å². The van der Waals surface area contributed by atoms with Crippen LogP contribution in [0.1, 0.15) is 22.0 Å². The van der Waals surface area contributed by atoms with E-state index in [2.05, 4.69) is 15.7 Å². The third kappa shape index (κ3) is 4.52. The molecule has 0 saturated heterocycles. The van der Waals surface area contributed by atoms with E-state index in [1.807, 2.05) is 0 Å². The van der Waals surface area contributed by atoms with Crippen LogP contribution in [0.4, 0.5) is 11.6 Å². The highest BCUT2D eigenvalue weighted by Crippen LogP contribution is 2.17. The van der Waals surface area contributed by atoms with Crippen molar-refractivity contribution < 1.29 is 23.3 Å². The lowest BCUT2D eigenvalue weighted by molar-refractivity contribution is -0.402. The summed E-state index contributed by atoms with van der Waals surface area (Å²) in [7, 11) is 1.61. The standard InChI is InChI=1S/C17H15N5O6/c1-21-10-13(16(20-21)17(24)18-9-12-3-2-8-27-12)19-14(23)6-4-11-5-7-15(28-11)22(25)26/h2-8,10H,9H2,1H3,(H,18,24)(H,19,23)/b6-4+. The van der Waals surface area contributed by atoms with Crippen LogP contribution in [0.2, 0.25) is 0 Å². The third-order valence-electron chi connectivity index (χ3n) is 3.50. The van der Waals surface area contributed by atoms with E-state index in [0.29, 0.717) is 5.76 Å². The smallest absolute Gasteiger partial charge is 0.433 e. The number of nitrogens with zero attached hydrogens (tertiary/aromatic N) is 3. The SMILES string of the molecule is Cn1cc(NC(=O)/C=C/c2ccc([N+](=O)[O-])o2)c(C(=O)NCc2ccco2)n1. The number of carbonyl (C=O) groups excluding carboxylic acids is 2. The van der Waals surface area contributed by atoms with Crippen molar-refractivity contribution in [3.8, 4) is 0 Å². The number of aromatic nitrogens is 2. The Kier molecular flexibility index (Phi) is 5.35. The highest BCUT2D eigenvalue weighted by molar-refractivity contribution is 6.06. The van der Waals surface area contributed by atoms with Gasteiger partial charge in [-0.1, -0.05) is 0 Å². The molecule has 0 aromatic carbocycles. The lowest BCUT2D eigenvalue weighted by Gasteiger charge is -2.04. The second-order valence-electron chi connectivity index (χ2n) is 5.58. The first-order chi connectivity index (χ1) is 13.4. The topological polar surface area (TPSA) is 145 Å². The molecule has 3 aromatic heterocycles. The molecule has 0 fully saturated rings. The zero-order chi connectivity index (χ0) is 20.1. The summed E-state index contributed by atoms with van der Waals surface area (Å²) in [5.74, 6) is -0.761. The van der Waals surface area contributed by atoms with Gasteiger partial charge in [0.05, 0.1) is 24.6 Å². The van der Waals surface area contributed by atoms with Gasteiger partial charge in [0.25, 0.3) is 5.91 Å². The zero-order valence-corrected chi connectivity index (χ0v) is 14.6. The van der Waals surface area contributed by atoms with Crippen molar-refractivity contribution in [2.24, 2.45) is 7.05 Å². The number of nitro groups is 1. The molecule has 3 heterocycles. The van der Waals surface area contributed by atoms with Gasteiger partial charge in [-0.05, 0) is 24.3 Å². The van der Waals surface area contributed by atoms with Gasteiger partial charge < -0.3 is 19.5 Å². The van der Waals surface area contributed by atoms with E-state index in [0.717, 1.165) is 6.08 Å².